The van der Waals surface area contributed by atoms with E-state index in [1.165, 1.54) is 17.3 Å². The fourth-order valence-corrected chi connectivity index (χ4v) is 4.86. The van der Waals surface area contributed by atoms with Crippen LogP contribution in [-0.4, -0.2) is 21.5 Å². The maximum Gasteiger partial charge on any atom is 0.266 e. The van der Waals surface area contributed by atoms with Crippen molar-refractivity contribution in [1.29, 1.82) is 0 Å². The minimum Gasteiger partial charge on any atom is -0.350 e. The number of carbonyl (C=O) groups excluding carboxylic acids is 1. The number of thioether (sulfide) groups is 1. The Balaban J connectivity index is 1.85. The number of amides is 1. The van der Waals surface area contributed by atoms with E-state index in [9.17, 15) is 9.59 Å². The molecule has 0 unspecified atom stereocenters. The van der Waals surface area contributed by atoms with E-state index in [-0.39, 0.29) is 17.5 Å². The summed E-state index contributed by atoms with van der Waals surface area (Å²) < 4.78 is 1.69. The van der Waals surface area contributed by atoms with Crippen molar-refractivity contribution in [3.8, 4) is 5.69 Å². The highest BCUT2D eigenvalue weighted by Crippen LogP contribution is 2.26. The van der Waals surface area contributed by atoms with E-state index in [1.54, 1.807) is 22.8 Å². The quantitative estimate of drug-likeness (QED) is 0.288. The third-order valence-corrected chi connectivity index (χ3v) is 6.48. The first kappa shape index (κ1) is 23.8. The Bertz CT molecular complexity index is 1400. The van der Waals surface area contributed by atoms with Gasteiger partial charge in [0.15, 0.2) is 5.16 Å². The van der Waals surface area contributed by atoms with E-state index >= 15 is 0 Å². The third-order valence-electron chi connectivity index (χ3n) is 5.47. The first-order valence-corrected chi connectivity index (χ1v) is 12.3. The van der Waals surface area contributed by atoms with Crippen LogP contribution in [0.5, 0.6) is 0 Å². The molecule has 0 radical (unpaired) electrons. The summed E-state index contributed by atoms with van der Waals surface area (Å²) in [6.45, 7) is 9.94. The zero-order valence-corrected chi connectivity index (χ0v) is 21.0. The molecular weight excluding hydrogens is 442 g/mol. The Morgan fingerprint density at radius 2 is 1.62 bits per heavy atom. The molecule has 0 atom stereocenters. The van der Waals surface area contributed by atoms with Gasteiger partial charge in [0.1, 0.15) is 0 Å². The zero-order chi connectivity index (χ0) is 24.4. The smallest absolute Gasteiger partial charge is 0.266 e. The van der Waals surface area contributed by atoms with Gasteiger partial charge < -0.3 is 5.32 Å². The number of benzene rings is 3. The monoisotopic (exact) mass is 471 g/mol. The summed E-state index contributed by atoms with van der Waals surface area (Å²) in [5.74, 6) is 0.502. The molecule has 1 aromatic heterocycles. The lowest BCUT2D eigenvalue weighted by Gasteiger charge is -2.15. The van der Waals surface area contributed by atoms with Crippen molar-refractivity contribution in [3.05, 3.63) is 98.8 Å². The number of nitrogens with zero attached hydrogens (tertiary/aromatic N) is 2. The van der Waals surface area contributed by atoms with Gasteiger partial charge >= 0.3 is 0 Å². The molecule has 0 saturated carbocycles. The molecule has 3 aromatic carbocycles. The maximum atomic E-state index is 13.7. The molecule has 0 spiro atoms. The Hall–Kier alpha value is -3.38. The first-order chi connectivity index (χ1) is 16.2. The van der Waals surface area contributed by atoms with E-state index in [0.29, 0.717) is 27.4 Å². The van der Waals surface area contributed by atoms with Crippen LogP contribution < -0.4 is 10.9 Å². The molecule has 6 heteroatoms. The number of hydrogen-bond donors (Lipinski definition) is 1. The van der Waals surface area contributed by atoms with Crippen molar-refractivity contribution >= 4 is 28.6 Å². The van der Waals surface area contributed by atoms with Gasteiger partial charge in [0, 0.05) is 17.4 Å². The molecule has 174 valence electrons. The highest BCUT2D eigenvalue weighted by atomic mass is 32.2. The Morgan fingerprint density at radius 1 is 0.941 bits per heavy atom. The summed E-state index contributed by atoms with van der Waals surface area (Å²) in [5.41, 5.74) is 6.19. The second kappa shape index (κ2) is 9.85. The number of aryl methyl sites for hydroxylation is 3. The van der Waals surface area contributed by atoms with Crippen LogP contribution in [0.2, 0.25) is 0 Å². The molecule has 0 aliphatic rings. The van der Waals surface area contributed by atoms with Crippen LogP contribution in [0.25, 0.3) is 16.6 Å². The maximum absolute atomic E-state index is 13.7. The summed E-state index contributed by atoms with van der Waals surface area (Å²) >= 11 is 1.52. The fraction of sp³-hybridized carbons (Fsp3) is 0.250. The molecule has 1 heterocycles. The molecule has 0 saturated heterocycles. The van der Waals surface area contributed by atoms with Crippen LogP contribution >= 0.6 is 11.8 Å². The molecule has 5 nitrogen and oxygen atoms in total. The number of nitrogens with one attached hydrogen (secondary N) is 1. The van der Waals surface area contributed by atoms with E-state index in [0.717, 1.165) is 22.4 Å². The van der Waals surface area contributed by atoms with E-state index in [4.69, 9.17) is 4.98 Å². The van der Waals surface area contributed by atoms with E-state index < -0.39 is 0 Å². The number of rotatable bonds is 6. The summed E-state index contributed by atoms with van der Waals surface area (Å²) in [6.07, 6.45) is 0. The van der Waals surface area contributed by atoms with Gasteiger partial charge in [-0.3, -0.25) is 14.2 Å². The van der Waals surface area contributed by atoms with Crippen molar-refractivity contribution in [2.75, 3.05) is 0 Å². The topological polar surface area (TPSA) is 64.0 Å². The minimum absolute atomic E-state index is 0.0225. The van der Waals surface area contributed by atoms with Crippen molar-refractivity contribution in [3.63, 3.8) is 0 Å². The average molecular weight is 472 g/mol. The predicted molar refractivity (Wildman–Crippen MR) is 140 cm³/mol. The van der Waals surface area contributed by atoms with Crippen LogP contribution in [0.3, 0.4) is 0 Å². The Labute approximate surface area is 204 Å². The SMILES string of the molecule is Cc1ccc(CSc2nc3cc(C(=O)NC(C)C)ccc3c(=O)n2-c2cc(C)cc(C)c2)cc1. The molecule has 1 amide bonds. The molecule has 0 aliphatic carbocycles. The van der Waals surface area contributed by atoms with Gasteiger partial charge in [-0.2, -0.15) is 0 Å². The molecule has 0 fully saturated rings. The molecule has 34 heavy (non-hydrogen) atoms. The van der Waals surface area contributed by atoms with Crippen LogP contribution in [-0.2, 0) is 5.75 Å². The predicted octanol–water partition coefficient (Wildman–Crippen LogP) is 5.74. The summed E-state index contributed by atoms with van der Waals surface area (Å²) in [5, 5.41) is 3.99. The highest BCUT2D eigenvalue weighted by Gasteiger charge is 2.16. The van der Waals surface area contributed by atoms with Crippen molar-refractivity contribution in [2.45, 2.75) is 51.6 Å². The van der Waals surface area contributed by atoms with Crippen LogP contribution in [0.1, 0.15) is 46.5 Å². The van der Waals surface area contributed by atoms with Gasteiger partial charge in [-0.1, -0.05) is 47.7 Å². The van der Waals surface area contributed by atoms with E-state index in [1.807, 2.05) is 39.8 Å². The van der Waals surface area contributed by atoms with Gasteiger partial charge in [0.2, 0.25) is 0 Å². The van der Waals surface area contributed by atoms with Gasteiger partial charge in [0.25, 0.3) is 11.5 Å². The van der Waals surface area contributed by atoms with Crippen molar-refractivity contribution in [1.82, 2.24) is 14.9 Å². The van der Waals surface area contributed by atoms with Gasteiger partial charge in [-0.15, -0.1) is 0 Å². The second-order valence-electron chi connectivity index (χ2n) is 9.02. The molecule has 1 N–H and O–H groups in total. The number of aromatic nitrogens is 2. The lowest BCUT2D eigenvalue weighted by atomic mass is 10.1. The summed E-state index contributed by atoms with van der Waals surface area (Å²) in [4.78, 5) is 31.1. The van der Waals surface area contributed by atoms with Gasteiger partial charge in [0.05, 0.1) is 16.6 Å². The van der Waals surface area contributed by atoms with Crippen LogP contribution in [0, 0.1) is 20.8 Å². The zero-order valence-electron chi connectivity index (χ0n) is 20.2. The molecule has 4 rings (SSSR count). The lowest BCUT2D eigenvalue weighted by Crippen LogP contribution is -2.30. The summed E-state index contributed by atoms with van der Waals surface area (Å²) in [6, 6.07) is 19.6. The standard InChI is InChI=1S/C28H29N3O2S/c1-17(2)29-26(32)22-10-11-24-25(15-22)30-28(34-16-21-8-6-18(3)7-9-21)31(27(24)33)23-13-19(4)12-20(5)14-23/h6-15,17H,16H2,1-5H3,(H,29,32). The number of fused-ring (bicyclic) bond motifs is 1. The Kier molecular flexibility index (Phi) is 6.89. The number of carbonyl (C=O) groups is 1. The lowest BCUT2D eigenvalue weighted by molar-refractivity contribution is 0.0943. The average Bonchev–Trinajstić information content (AvgIpc) is 2.77. The van der Waals surface area contributed by atoms with Crippen LogP contribution in [0.15, 0.2) is 70.6 Å². The van der Waals surface area contributed by atoms with Gasteiger partial charge in [-0.05, 0) is 81.6 Å². The normalized spacial score (nSPS) is 11.2. The number of hydrogen-bond acceptors (Lipinski definition) is 4. The first-order valence-electron chi connectivity index (χ1n) is 11.4. The fourth-order valence-electron chi connectivity index (χ4n) is 3.89. The molecule has 0 aliphatic heterocycles. The summed E-state index contributed by atoms with van der Waals surface area (Å²) in [7, 11) is 0. The largest absolute Gasteiger partial charge is 0.350 e. The molecule has 0 bridgehead atoms. The second-order valence-corrected chi connectivity index (χ2v) is 9.96. The van der Waals surface area contributed by atoms with E-state index in [2.05, 4.69) is 42.6 Å². The molecular formula is C28H29N3O2S. The van der Waals surface area contributed by atoms with Gasteiger partial charge in [-0.25, -0.2) is 4.98 Å². The molecule has 4 aromatic rings. The van der Waals surface area contributed by atoms with Crippen LogP contribution in [0.4, 0.5) is 0 Å². The third kappa shape index (κ3) is 5.23. The van der Waals surface area contributed by atoms with Crippen molar-refractivity contribution in [2.24, 2.45) is 0 Å². The minimum atomic E-state index is -0.175. The Morgan fingerprint density at radius 3 is 2.26 bits per heavy atom. The van der Waals surface area contributed by atoms with Crippen molar-refractivity contribution < 1.29 is 4.79 Å². The highest BCUT2D eigenvalue weighted by molar-refractivity contribution is 7.98.